The lowest BCUT2D eigenvalue weighted by Crippen LogP contribution is -2.33. The summed E-state index contributed by atoms with van der Waals surface area (Å²) in [5.41, 5.74) is -0.502. The Bertz CT molecular complexity index is 1320. The van der Waals surface area contributed by atoms with Gasteiger partial charge in [-0.15, -0.1) is 0 Å². The van der Waals surface area contributed by atoms with Crippen molar-refractivity contribution in [1.82, 2.24) is 0 Å². The van der Waals surface area contributed by atoms with E-state index in [1.54, 1.807) is 6.92 Å². The van der Waals surface area contributed by atoms with Crippen LogP contribution in [0.4, 0.5) is 5.88 Å². The van der Waals surface area contributed by atoms with Crippen LogP contribution < -0.4 is 15.8 Å². The summed E-state index contributed by atoms with van der Waals surface area (Å²) in [7, 11) is 0. The molecular formula is C22H21NO8. The van der Waals surface area contributed by atoms with Crippen LogP contribution in [0.3, 0.4) is 0 Å². The summed E-state index contributed by atoms with van der Waals surface area (Å²) in [4.78, 5) is 62.2. The Balaban J connectivity index is 2.44. The Morgan fingerprint density at radius 1 is 0.903 bits per heavy atom. The van der Waals surface area contributed by atoms with Crippen molar-refractivity contribution >= 4 is 45.6 Å². The van der Waals surface area contributed by atoms with Crippen LogP contribution in [0.5, 0.6) is 0 Å². The molecule has 3 aromatic rings. The second-order valence-electron chi connectivity index (χ2n) is 6.88. The van der Waals surface area contributed by atoms with E-state index in [0.29, 0.717) is 18.4 Å². The van der Waals surface area contributed by atoms with Gasteiger partial charge in [0.25, 0.3) is 0 Å². The van der Waals surface area contributed by atoms with Crippen molar-refractivity contribution in [3.05, 3.63) is 50.0 Å². The number of hydrogen-bond acceptors (Lipinski definition) is 8. The van der Waals surface area contributed by atoms with Gasteiger partial charge in [-0.25, -0.2) is 9.69 Å². The van der Waals surface area contributed by atoms with Crippen molar-refractivity contribution in [2.45, 2.75) is 40.5 Å². The van der Waals surface area contributed by atoms with E-state index >= 15 is 0 Å². The molecule has 0 aliphatic rings. The number of amides is 2. The van der Waals surface area contributed by atoms with Gasteiger partial charge in [0.05, 0.1) is 17.4 Å². The summed E-state index contributed by atoms with van der Waals surface area (Å²) in [5.74, 6) is -2.55. The zero-order valence-electron chi connectivity index (χ0n) is 17.6. The number of imide groups is 1. The number of esters is 1. The molecule has 0 bridgehead atoms. The van der Waals surface area contributed by atoms with Crippen molar-refractivity contribution < 1.29 is 28.0 Å². The van der Waals surface area contributed by atoms with Crippen LogP contribution in [-0.4, -0.2) is 24.4 Å². The predicted octanol–water partition coefficient (Wildman–Crippen LogP) is 2.93. The van der Waals surface area contributed by atoms with Gasteiger partial charge < -0.3 is 13.6 Å². The molecule has 1 aromatic carbocycles. The third-order valence-corrected chi connectivity index (χ3v) is 4.62. The van der Waals surface area contributed by atoms with Gasteiger partial charge in [-0.2, -0.15) is 0 Å². The van der Waals surface area contributed by atoms with E-state index in [9.17, 15) is 24.0 Å². The molecule has 162 valence electrons. The molecule has 0 saturated carbocycles. The summed E-state index contributed by atoms with van der Waals surface area (Å²) in [6.45, 7) is 5.94. The fourth-order valence-corrected chi connectivity index (χ4v) is 3.39. The zero-order chi connectivity index (χ0) is 22.9. The Hall–Kier alpha value is -3.75. The minimum Gasteiger partial charge on any atom is -0.460 e. The van der Waals surface area contributed by atoms with Crippen molar-refractivity contribution in [3.63, 3.8) is 0 Å². The standard InChI is InChI=1S/C22H21NO8/c1-5-7-13-20-14(16(26)9-18(30-20)22(28)29-6-2)8-15-17(27)10-19(31-21(13)15)23(11(3)24)12(4)25/h8-10H,5-7H2,1-4H3. The highest BCUT2D eigenvalue weighted by Gasteiger charge is 2.24. The van der Waals surface area contributed by atoms with Gasteiger partial charge in [-0.1, -0.05) is 13.3 Å². The number of anilines is 1. The van der Waals surface area contributed by atoms with Gasteiger partial charge in [0, 0.05) is 31.5 Å². The summed E-state index contributed by atoms with van der Waals surface area (Å²) < 4.78 is 16.4. The molecule has 2 heterocycles. The molecular weight excluding hydrogens is 406 g/mol. The van der Waals surface area contributed by atoms with Crippen molar-refractivity contribution in [2.24, 2.45) is 0 Å². The third kappa shape index (κ3) is 3.98. The average molecular weight is 427 g/mol. The first-order valence-electron chi connectivity index (χ1n) is 9.75. The fourth-order valence-electron chi connectivity index (χ4n) is 3.39. The number of carbonyl (C=O) groups excluding carboxylic acids is 3. The van der Waals surface area contributed by atoms with Crippen LogP contribution in [0.2, 0.25) is 0 Å². The highest BCUT2D eigenvalue weighted by atomic mass is 16.5. The largest absolute Gasteiger partial charge is 0.460 e. The van der Waals surface area contributed by atoms with E-state index in [-0.39, 0.29) is 40.2 Å². The number of rotatable bonds is 5. The second kappa shape index (κ2) is 8.55. The molecule has 0 aliphatic heterocycles. The maximum atomic E-state index is 12.8. The van der Waals surface area contributed by atoms with E-state index < -0.39 is 28.6 Å². The molecule has 9 heteroatoms. The molecule has 2 amide bonds. The third-order valence-electron chi connectivity index (χ3n) is 4.62. The van der Waals surface area contributed by atoms with Crippen molar-refractivity contribution in [3.8, 4) is 0 Å². The summed E-state index contributed by atoms with van der Waals surface area (Å²) in [6.07, 6.45) is 0.939. The molecule has 31 heavy (non-hydrogen) atoms. The number of carbonyl (C=O) groups is 3. The highest BCUT2D eigenvalue weighted by Crippen LogP contribution is 2.30. The zero-order valence-corrected chi connectivity index (χ0v) is 17.6. The monoisotopic (exact) mass is 427 g/mol. The van der Waals surface area contributed by atoms with E-state index in [1.807, 2.05) is 6.92 Å². The Labute approximate surface area is 176 Å². The Morgan fingerprint density at radius 3 is 2.03 bits per heavy atom. The maximum absolute atomic E-state index is 12.8. The minimum atomic E-state index is -0.793. The molecule has 3 rings (SSSR count). The summed E-state index contributed by atoms with van der Waals surface area (Å²) in [5, 5.41) is 0.210. The Kier molecular flexibility index (Phi) is 6.05. The molecule has 2 aromatic heterocycles. The van der Waals surface area contributed by atoms with Crippen LogP contribution in [0, 0.1) is 0 Å². The van der Waals surface area contributed by atoms with Gasteiger partial charge in [0.15, 0.2) is 10.9 Å². The Morgan fingerprint density at radius 2 is 1.48 bits per heavy atom. The molecule has 0 spiro atoms. The van der Waals surface area contributed by atoms with Crippen LogP contribution in [0.1, 0.15) is 50.2 Å². The van der Waals surface area contributed by atoms with Crippen molar-refractivity contribution in [1.29, 1.82) is 0 Å². The second-order valence-corrected chi connectivity index (χ2v) is 6.88. The SMILES string of the molecule is CCCc1c2oc(C(=O)OCC)cc(=O)c2cc2c(=O)cc(N(C(C)=O)C(C)=O)oc12. The molecule has 0 aliphatic carbocycles. The average Bonchev–Trinajstić information content (AvgIpc) is 2.68. The van der Waals surface area contributed by atoms with Crippen LogP contribution in [-0.2, 0) is 20.7 Å². The number of hydrogen-bond donors (Lipinski definition) is 0. The lowest BCUT2D eigenvalue weighted by molar-refractivity contribution is -0.124. The first kappa shape index (κ1) is 21.9. The van der Waals surface area contributed by atoms with Crippen LogP contribution in [0.15, 0.2) is 36.6 Å². The van der Waals surface area contributed by atoms with E-state index in [2.05, 4.69) is 0 Å². The lowest BCUT2D eigenvalue weighted by atomic mass is 10.0. The molecule has 0 fully saturated rings. The number of nitrogens with zero attached hydrogens (tertiary/aromatic N) is 1. The first-order valence-corrected chi connectivity index (χ1v) is 9.75. The smallest absolute Gasteiger partial charge is 0.374 e. The van der Waals surface area contributed by atoms with Crippen molar-refractivity contribution in [2.75, 3.05) is 11.5 Å². The maximum Gasteiger partial charge on any atom is 0.374 e. The number of benzene rings is 1. The molecule has 0 saturated heterocycles. The quantitative estimate of drug-likeness (QED) is 0.450. The number of ether oxygens (including phenoxy) is 1. The van der Waals surface area contributed by atoms with Crippen LogP contribution in [0.25, 0.3) is 21.9 Å². The molecule has 0 atom stereocenters. The highest BCUT2D eigenvalue weighted by molar-refractivity contribution is 6.12. The van der Waals surface area contributed by atoms with Gasteiger partial charge in [-0.3, -0.25) is 19.2 Å². The van der Waals surface area contributed by atoms with Crippen LogP contribution >= 0.6 is 0 Å². The summed E-state index contributed by atoms with van der Waals surface area (Å²) in [6, 6.07) is 3.37. The topological polar surface area (TPSA) is 124 Å². The number of fused-ring (bicyclic) bond motifs is 2. The first-order chi connectivity index (χ1) is 14.7. The van der Waals surface area contributed by atoms with Gasteiger partial charge >= 0.3 is 5.97 Å². The fraction of sp³-hybridized carbons (Fsp3) is 0.318. The molecule has 0 N–H and O–H groups in total. The van der Waals surface area contributed by atoms with Gasteiger partial charge in [0.1, 0.15) is 11.2 Å². The summed E-state index contributed by atoms with van der Waals surface area (Å²) >= 11 is 0. The molecule has 0 unspecified atom stereocenters. The lowest BCUT2D eigenvalue weighted by Gasteiger charge is -2.17. The van der Waals surface area contributed by atoms with E-state index in [1.165, 1.54) is 19.9 Å². The van der Waals surface area contributed by atoms with Gasteiger partial charge in [0.2, 0.25) is 23.5 Å². The predicted molar refractivity (Wildman–Crippen MR) is 112 cm³/mol. The normalized spacial score (nSPS) is 11.0. The minimum absolute atomic E-state index is 0.0773. The molecule has 9 nitrogen and oxygen atoms in total. The van der Waals surface area contributed by atoms with E-state index in [0.717, 1.165) is 17.0 Å². The van der Waals surface area contributed by atoms with Gasteiger partial charge in [-0.05, 0) is 19.4 Å². The van der Waals surface area contributed by atoms with E-state index in [4.69, 9.17) is 13.6 Å². The number of aryl methyl sites for hydroxylation is 1. The molecule has 0 radical (unpaired) electrons.